The van der Waals surface area contributed by atoms with E-state index in [2.05, 4.69) is 0 Å². The molecule has 17 heavy (non-hydrogen) atoms. The molecule has 0 saturated carbocycles. The summed E-state index contributed by atoms with van der Waals surface area (Å²) in [4.78, 5) is 0. The maximum absolute atomic E-state index is 8.66. The third kappa shape index (κ3) is 5.24. The van der Waals surface area contributed by atoms with E-state index in [-0.39, 0.29) is 12.7 Å². The highest BCUT2D eigenvalue weighted by molar-refractivity contribution is 6.32. The van der Waals surface area contributed by atoms with Crippen LogP contribution in [0.3, 0.4) is 0 Å². The quantitative estimate of drug-likeness (QED) is 0.780. The van der Waals surface area contributed by atoms with E-state index in [0.29, 0.717) is 10.8 Å². The molecule has 0 unspecified atom stereocenters. The van der Waals surface area contributed by atoms with Gasteiger partial charge in [-0.15, -0.1) is 0 Å². The monoisotopic (exact) mass is 254 g/mol. The van der Waals surface area contributed by atoms with Gasteiger partial charge >= 0.3 is 0 Å². The number of rotatable bonds is 6. The lowest BCUT2D eigenvalue weighted by Crippen LogP contribution is -2.05. The zero-order valence-corrected chi connectivity index (χ0v) is 11.1. The van der Waals surface area contributed by atoms with Gasteiger partial charge in [0.05, 0.1) is 11.1 Å². The highest BCUT2D eigenvalue weighted by Gasteiger charge is 2.03. The topological polar surface area (TPSA) is 29.5 Å². The molecule has 94 valence electrons. The van der Waals surface area contributed by atoms with Crippen molar-refractivity contribution in [2.24, 2.45) is 0 Å². The Kier molecular flexibility index (Phi) is 6.09. The summed E-state index contributed by atoms with van der Waals surface area (Å²) in [7, 11) is 0. The Labute approximate surface area is 108 Å². The van der Waals surface area contributed by atoms with Gasteiger partial charge in [-0.05, 0) is 44.4 Å². The van der Waals surface area contributed by atoms with Crippen molar-refractivity contribution >= 4 is 17.7 Å². The van der Waals surface area contributed by atoms with Crippen molar-refractivity contribution < 1.29 is 9.84 Å². The second kappa shape index (κ2) is 7.36. The molecule has 1 N–H and O–H groups in total. The molecule has 0 aromatic heterocycles. The van der Waals surface area contributed by atoms with E-state index in [1.54, 1.807) is 0 Å². The first-order chi connectivity index (χ1) is 8.13. The first-order valence-corrected chi connectivity index (χ1v) is 6.25. The van der Waals surface area contributed by atoms with E-state index in [9.17, 15) is 0 Å². The van der Waals surface area contributed by atoms with Crippen LogP contribution in [0.15, 0.2) is 24.3 Å². The summed E-state index contributed by atoms with van der Waals surface area (Å²) in [6, 6.07) is 5.74. The van der Waals surface area contributed by atoms with Gasteiger partial charge in [-0.1, -0.05) is 29.8 Å². The van der Waals surface area contributed by atoms with Crippen molar-refractivity contribution in [1.82, 2.24) is 0 Å². The lowest BCUT2D eigenvalue weighted by atomic mass is 10.2. The molecule has 0 atom stereocenters. The Morgan fingerprint density at radius 2 is 2.18 bits per heavy atom. The number of unbranched alkanes of at least 4 members (excludes halogenated alkanes) is 1. The van der Waals surface area contributed by atoms with E-state index >= 15 is 0 Å². The second-order valence-electron chi connectivity index (χ2n) is 4.12. The Hall–Kier alpha value is -0.990. The summed E-state index contributed by atoms with van der Waals surface area (Å²) in [5.41, 5.74) is 1.05. The van der Waals surface area contributed by atoms with Crippen LogP contribution in [0.25, 0.3) is 6.08 Å². The second-order valence-corrected chi connectivity index (χ2v) is 4.53. The number of ether oxygens (including phenoxy) is 1. The van der Waals surface area contributed by atoms with Gasteiger partial charge in [0.1, 0.15) is 5.75 Å². The molecule has 0 saturated heterocycles. The van der Waals surface area contributed by atoms with Gasteiger partial charge in [-0.2, -0.15) is 0 Å². The third-order valence-corrected chi connectivity index (χ3v) is 2.45. The number of hydrogen-bond donors (Lipinski definition) is 1. The van der Waals surface area contributed by atoms with Gasteiger partial charge in [0.2, 0.25) is 0 Å². The van der Waals surface area contributed by atoms with Crippen molar-refractivity contribution in [3.63, 3.8) is 0 Å². The van der Waals surface area contributed by atoms with Crippen molar-refractivity contribution in [2.75, 3.05) is 6.61 Å². The minimum absolute atomic E-state index is 0.124. The van der Waals surface area contributed by atoms with Gasteiger partial charge in [0.15, 0.2) is 0 Å². The number of benzene rings is 1. The molecule has 0 bridgehead atoms. The van der Waals surface area contributed by atoms with Gasteiger partial charge in [-0.3, -0.25) is 0 Å². The molecule has 0 aliphatic heterocycles. The molecular weight excluding hydrogens is 236 g/mol. The van der Waals surface area contributed by atoms with E-state index in [4.69, 9.17) is 21.4 Å². The standard InChI is InChI=1S/C14H19ClO2/c1-11(2)17-14-8-7-12(10-13(14)15)6-4-3-5-9-16/h4,6-8,10-11,16H,3,5,9H2,1-2H3/b6-4+. The Morgan fingerprint density at radius 3 is 2.76 bits per heavy atom. The number of halogens is 1. The van der Waals surface area contributed by atoms with E-state index in [0.717, 1.165) is 18.4 Å². The number of aliphatic hydroxyl groups is 1. The van der Waals surface area contributed by atoms with Gasteiger partial charge in [0.25, 0.3) is 0 Å². The summed E-state index contributed by atoms with van der Waals surface area (Å²) in [5.74, 6) is 0.717. The zero-order valence-electron chi connectivity index (χ0n) is 10.3. The maximum atomic E-state index is 8.66. The molecule has 0 spiro atoms. The molecular formula is C14H19ClO2. The van der Waals surface area contributed by atoms with Crippen LogP contribution in [0.4, 0.5) is 0 Å². The Bertz CT molecular complexity index is 372. The van der Waals surface area contributed by atoms with Crippen molar-refractivity contribution in [1.29, 1.82) is 0 Å². The van der Waals surface area contributed by atoms with Crippen LogP contribution in [0.1, 0.15) is 32.3 Å². The summed E-state index contributed by atoms with van der Waals surface area (Å²) in [5, 5.41) is 9.28. The molecule has 0 heterocycles. The zero-order chi connectivity index (χ0) is 12.7. The predicted octanol–water partition coefficient (Wildman–Crippen LogP) is 3.91. The van der Waals surface area contributed by atoms with Gasteiger partial charge in [0, 0.05) is 6.61 Å². The summed E-state index contributed by atoms with van der Waals surface area (Å²) in [6.45, 7) is 4.17. The average Bonchev–Trinajstić information content (AvgIpc) is 2.27. The van der Waals surface area contributed by atoms with Crippen molar-refractivity contribution in [3.8, 4) is 5.75 Å². The SMILES string of the molecule is CC(C)Oc1ccc(/C=C/CCCO)cc1Cl. The molecule has 0 aliphatic rings. The fraction of sp³-hybridized carbons (Fsp3) is 0.429. The number of hydrogen-bond acceptors (Lipinski definition) is 2. The summed E-state index contributed by atoms with van der Waals surface area (Å²) in [6.07, 6.45) is 5.82. The Morgan fingerprint density at radius 1 is 1.41 bits per heavy atom. The maximum Gasteiger partial charge on any atom is 0.138 e. The minimum atomic E-state index is 0.124. The largest absolute Gasteiger partial charge is 0.489 e. The van der Waals surface area contributed by atoms with Crippen LogP contribution in [-0.2, 0) is 0 Å². The van der Waals surface area contributed by atoms with E-state index < -0.39 is 0 Å². The predicted molar refractivity (Wildman–Crippen MR) is 72.6 cm³/mol. The van der Waals surface area contributed by atoms with Crippen molar-refractivity contribution in [3.05, 3.63) is 34.9 Å². The molecule has 0 aliphatic carbocycles. The number of aliphatic hydroxyl groups excluding tert-OH is 1. The molecule has 1 aromatic rings. The molecule has 0 amide bonds. The van der Waals surface area contributed by atoms with Crippen LogP contribution in [0.5, 0.6) is 5.75 Å². The highest BCUT2D eigenvalue weighted by Crippen LogP contribution is 2.26. The van der Waals surface area contributed by atoms with E-state index in [1.807, 2.05) is 44.2 Å². The molecule has 2 nitrogen and oxygen atoms in total. The van der Waals surface area contributed by atoms with Crippen LogP contribution < -0.4 is 4.74 Å². The lowest BCUT2D eigenvalue weighted by molar-refractivity contribution is 0.242. The number of allylic oxidation sites excluding steroid dienone is 1. The normalized spacial score (nSPS) is 11.4. The molecule has 3 heteroatoms. The smallest absolute Gasteiger partial charge is 0.138 e. The van der Waals surface area contributed by atoms with Gasteiger partial charge < -0.3 is 9.84 Å². The first kappa shape index (κ1) is 14.1. The average molecular weight is 255 g/mol. The molecule has 1 rings (SSSR count). The van der Waals surface area contributed by atoms with Gasteiger partial charge in [-0.25, -0.2) is 0 Å². The Balaban J connectivity index is 2.65. The summed E-state index contributed by atoms with van der Waals surface area (Å²) < 4.78 is 5.55. The van der Waals surface area contributed by atoms with Crippen LogP contribution in [-0.4, -0.2) is 17.8 Å². The minimum Gasteiger partial charge on any atom is -0.489 e. The first-order valence-electron chi connectivity index (χ1n) is 5.87. The third-order valence-electron chi connectivity index (χ3n) is 2.16. The molecule has 0 radical (unpaired) electrons. The molecule has 1 aromatic carbocycles. The van der Waals surface area contributed by atoms with Crippen LogP contribution >= 0.6 is 11.6 Å². The fourth-order valence-corrected chi connectivity index (χ4v) is 1.63. The lowest BCUT2D eigenvalue weighted by Gasteiger charge is -2.11. The van der Waals surface area contributed by atoms with Crippen LogP contribution in [0.2, 0.25) is 5.02 Å². The molecule has 0 fully saturated rings. The van der Waals surface area contributed by atoms with Crippen LogP contribution in [0, 0.1) is 0 Å². The fourth-order valence-electron chi connectivity index (χ4n) is 1.40. The van der Waals surface area contributed by atoms with Crippen molar-refractivity contribution in [2.45, 2.75) is 32.8 Å². The highest BCUT2D eigenvalue weighted by atomic mass is 35.5. The van der Waals surface area contributed by atoms with E-state index in [1.165, 1.54) is 0 Å². The summed E-state index contributed by atoms with van der Waals surface area (Å²) >= 11 is 6.11.